The van der Waals surface area contributed by atoms with Crippen molar-refractivity contribution >= 4 is 33.2 Å². The van der Waals surface area contributed by atoms with E-state index in [1.807, 2.05) is 11.4 Å². The van der Waals surface area contributed by atoms with Crippen molar-refractivity contribution in [3.05, 3.63) is 20.8 Å². The minimum atomic E-state index is -0.0439. The molecule has 88 valence electrons. The molecule has 6 heteroatoms. The van der Waals surface area contributed by atoms with Crippen LogP contribution in [-0.4, -0.2) is 38.3 Å². The number of carbonyl (C=O) groups excluding carboxylic acids is 1. The predicted octanol–water partition coefficient (Wildman–Crippen LogP) is 1.23. The molecule has 0 aromatic carbocycles. The maximum absolute atomic E-state index is 11.9. The van der Waals surface area contributed by atoms with E-state index in [-0.39, 0.29) is 18.1 Å². The van der Waals surface area contributed by atoms with Gasteiger partial charge in [-0.05, 0) is 27.4 Å². The van der Waals surface area contributed by atoms with Crippen LogP contribution in [0.15, 0.2) is 15.9 Å². The monoisotopic (exact) mass is 304 g/mol. The Morgan fingerprint density at radius 3 is 3.12 bits per heavy atom. The number of methoxy groups -OCH3 is 1. The summed E-state index contributed by atoms with van der Waals surface area (Å²) in [5.41, 5.74) is 0. The molecule has 1 aromatic rings. The first-order valence-corrected chi connectivity index (χ1v) is 6.67. The first-order valence-electron chi connectivity index (χ1n) is 4.99. The first-order chi connectivity index (χ1) is 7.72. The van der Waals surface area contributed by atoms with Crippen molar-refractivity contribution in [3.63, 3.8) is 0 Å². The van der Waals surface area contributed by atoms with Crippen molar-refractivity contribution in [3.8, 4) is 0 Å². The standard InChI is InChI=1S/C10H13BrN2O2S/c1-15-8-5-12-4-7(8)13-10(14)9-6(11)2-3-16-9/h2-3,7-8,12H,4-5H2,1H3,(H,13,14)/t7-,8-/m0/s1. The smallest absolute Gasteiger partial charge is 0.262 e. The summed E-state index contributed by atoms with van der Waals surface area (Å²) in [6.07, 6.45) is 0.0580. The van der Waals surface area contributed by atoms with Crippen LogP contribution in [0.5, 0.6) is 0 Å². The SMILES string of the molecule is CO[C@H]1CNC[C@@H]1NC(=O)c1sccc1Br. The number of nitrogens with one attached hydrogen (secondary N) is 2. The summed E-state index contributed by atoms with van der Waals surface area (Å²) in [6, 6.07) is 1.92. The highest BCUT2D eigenvalue weighted by Crippen LogP contribution is 2.22. The molecule has 0 radical (unpaired) electrons. The fraction of sp³-hybridized carbons (Fsp3) is 0.500. The van der Waals surface area contributed by atoms with Gasteiger partial charge in [0.2, 0.25) is 0 Å². The summed E-state index contributed by atoms with van der Waals surface area (Å²) in [5.74, 6) is -0.0439. The average Bonchev–Trinajstić information content (AvgIpc) is 2.86. The molecule has 1 aliphatic heterocycles. The molecule has 0 bridgehead atoms. The second-order valence-electron chi connectivity index (χ2n) is 3.61. The molecule has 1 saturated heterocycles. The number of amides is 1. The van der Waals surface area contributed by atoms with E-state index in [2.05, 4.69) is 26.6 Å². The van der Waals surface area contributed by atoms with E-state index in [0.717, 1.165) is 17.6 Å². The van der Waals surface area contributed by atoms with E-state index in [1.165, 1.54) is 11.3 Å². The third-order valence-corrected chi connectivity index (χ3v) is 4.44. The van der Waals surface area contributed by atoms with Crippen molar-refractivity contribution in [2.45, 2.75) is 12.1 Å². The molecule has 2 atom stereocenters. The van der Waals surface area contributed by atoms with Gasteiger partial charge in [-0.3, -0.25) is 4.79 Å². The van der Waals surface area contributed by atoms with Crippen LogP contribution in [0.4, 0.5) is 0 Å². The summed E-state index contributed by atoms with van der Waals surface area (Å²) in [4.78, 5) is 12.6. The maximum Gasteiger partial charge on any atom is 0.262 e. The first kappa shape index (κ1) is 12.0. The van der Waals surface area contributed by atoms with Crippen molar-refractivity contribution < 1.29 is 9.53 Å². The van der Waals surface area contributed by atoms with Crippen LogP contribution in [0.3, 0.4) is 0 Å². The van der Waals surface area contributed by atoms with E-state index in [0.29, 0.717) is 4.88 Å². The fourth-order valence-electron chi connectivity index (χ4n) is 1.74. The highest BCUT2D eigenvalue weighted by atomic mass is 79.9. The predicted molar refractivity (Wildman–Crippen MR) is 66.9 cm³/mol. The second kappa shape index (κ2) is 5.27. The van der Waals surface area contributed by atoms with Crippen LogP contribution >= 0.6 is 27.3 Å². The van der Waals surface area contributed by atoms with Gasteiger partial charge >= 0.3 is 0 Å². The number of thiophene rings is 1. The van der Waals surface area contributed by atoms with Crippen molar-refractivity contribution in [2.24, 2.45) is 0 Å². The minimum Gasteiger partial charge on any atom is -0.378 e. The highest BCUT2D eigenvalue weighted by Gasteiger charge is 2.29. The zero-order valence-electron chi connectivity index (χ0n) is 8.83. The van der Waals surface area contributed by atoms with E-state index in [9.17, 15) is 4.79 Å². The molecule has 1 amide bonds. The number of rotatable bonds is 3. The molecule has 0 saturated carbocycles. The Balaban J connectivity index is 2.00. The molecule has 2 N–H and O–H groups in total. The molecule has 2 heterocycles. The summed E-state index contributed by atoms with van der Waals surface area (Å²) < 4.78 is 6.13. The lowest BCUT2D eigenvalue weighted by atomic mass is 10.2. The zero-order chi connectivity index (χ0) is 11.5. The molecule has 16 heavy (non-hydrogen) atoms. The number of carbonyl (C=O) groups is 1. The van der Waals surface area contributed by atoms with E-state index in [4.69, 9.17) is 4.74 Å². The van der Waals surface area contributed by atoms with Gasteiger partial charge in [-0.2, -0.15) is 0 Å². The normalized spacial score (nSPS) is 24.6. The third-order valence-electron chi connectivity index (χ3n) is 2.60. The summed E-state index contributed by atoms with van der Waals surface area (Å²) >= 11 is 4.78. The van der Waals surface area contributed by atoms with Gasteiger partial charge in [0.25, 0.3) is 5.91 Å². The molecule has 1 aromatic heterocycles. The largest absolute Gasteiger partial charge is 0.378 e. The summed E-state index contributed by atoms with van der Waals surface area (Å²) in [5, 5.41) is 8.06. The fourth-order valence-corrected chi connectivity index (χ4v) is 3.19. The molecule has 1 aliphatic rings. The molecular formula is C10H13BrN2O2S. The lowest BCUT2D eigenvalue weighted by molar-refractivity contribution is 0.0782. The number of halogens is 1. The number of ether oxygens (including phenoxy) is 1. The summed E-state index contributed by atoms with van der Waals surface area (Å²) in [6.45, 7) is 1.54. The Kier molecular flexibility index (Phi) is 3.96. The van der Waals surface area contributed by atoms with Gasteiger partial charge in [0.1, 0.15) is 4.88 Å². The van der Waals surface area contributed by atoms with Gasteiger partial charge < -0.3 is 15.4 Å². The van der Waals surface area contributed by atoms with Crippen LogP contribution < -0.4 is 10.6 Å². The van der Waals surface area contributed by atoms with Gasteiger partial charge in [-0.25, -0.2) is 0 Å². The molecule has 0 aliphatic carbocycles. The Hall–Kier alpha value is -0.430. The Labute approximate surface area is 106 Å². The van der Waals surface area contributed by atoms with Gasteiger partial charge in [-0.1, -0.05) is 0 Å². The van der Waals surface area contributed by atoms with Crippen LogP contribution in [0.25, 0.3) is 0 Å². The molecule has 2 rings (SSSR count). The molecule has 4 nitrogen and oxygen atoms in total. The Bertz CT molecular complexity index is 383. The average molecular weight is 305 g/mol. The Morgan fingerprint density at radius 1 is 1.69 bits per heavy atom. The van der Waals surface area contributed by atoms with Crippen molar-refractivity contribution in [1.29, 1.82) is 0 Å². The minimum absolute atomic E-state index is 0.0439. The quantitative estimate of drug-likeness (QED) is 0.883. The number of hydrogen-bond acceptors (Lipinski definition) is 4. The lowest BCUT2D eigenvalue weighted by Gasteiger charge is -2.18. The molecule has 0 spiro atoms. The topological polar surface area (TPSA) is 50.4 Å². The second-order valence-corrected chi connectivity index (χ2v) is 5.38. The van der Waals surface area contributed by atoms with Gasteiger partial charge in [-0.15, -0.1) is 11.3 Å². The van der Waals surface area contributed by atoms with Crippen LogP contribution in [-0.2, 0) is 4.74 Å². The van der Waals surface area contributed by atoms with Crippen molar-refractivity contribution in [1.82, 2.24) is 10.6 Å². The van der Waals surface area contributed by atoms with Crippen LogP contribution in [0.1, 0.15) is 9.67 Å². The third kappa shape index (κ3) is 2.45. The van der Waals surface area contributed by atoms with Crippen LogP contribution in [0.2, 0.25) is 0 Å². The Morgan fingerprint density at radius 2 is 2.50 bits per heavy atom. The molecular weight excluding hydrogens is 292 g/mol. The summed E-state index contributed by atoms with van der Waals surface area (Å²) in [7, 11) is 1.66. The van der Waals surface area contributed by atoms with Crippen molar-refractivity contribution in [2.75, 3.05) is 20.2 Å². The molecule has 0 unspecified atom stereocenters. The molecule has 1 fully saturated rings. The van der Waals surface area contributed by atoms with E-state index >= 15 is 0 Å². The van der Waals surface area contributed by atoms with Crippen LogP contribution in [0, 0.1) is 0 Å². The van der Waals surface area contributed by atoms with Gasteiger partial charge in [0.05, 0.1) is 12.1 Å². The zero-order valence-corrected chi connectivity index (χ0v) is 11.2. The van der Waals surface area contributed by atoms with Gasteiger partial charge in [0, 0.05) is 24.7 Å². The maximum atomic E-state index is 11.9. The lowest BCUT2D eigenvalue weighted by Crippen LogP contribution is -2.43. The van der Waals surface area contributed by atoms with E-state index in [1.54, 1.807) is 7.11 Å². The van der Waals surface area contributed by atoms with Gasteiger partial charge in [0.15, 0.2) is 0 Å². The van der Waals surface area contributed by atoms with E-state index < -0.39 is 0 Å². The highest BCUT2D eigenvalue weighted by molar-refractivity contribution is 9.10. The number of hydrogen-bond donors (Lipinski definition) is 2.